The Bertz CT molecular complexity index is 1200. The van der Waals surface area contributed by atoms with Crippen molar-refractivity contribution in [3.05, 3.63) is 34.9 Å². The van der Waals surface area contributed by atoms with E-state index < -0.39 is 38.6 Å². The largest absolute Gasteiger partial charge is 0.475 e. The molecule has 0 aromatic heterocycles. The van der Waals surface area contributed by atoms with Gasteiger partial charge in [-0.2, -0.15) is 0 Å². The van der Waals surface area contributed by atoms with Gasteiger partial charge in [0.15, 0.2) is 25.0 Å². The zero-order valence-electron chi connectivity index (χ0n) is 33.2. The van der Waals surface area contributed by atoms with Crippen molar-refractivity contribution in [2.45, 2.75) is 192 Å². The number of aliphatic imine (C=N–C) groups is 1. The van der Waals surface area contributed by atoms with Gasteiger partial charge in [0.2, 0.25) is 5.90 Å². The Hall–Kier alpha value is -0.562. The molecule has 274 valence electrons. The monoisotopic (exact) mass is 731 g/mol. The van der Waals surface area contributed by atoms with Crippen molar-refractivity contribution in [3.8, 4) is 0 Å². The number of rotatable bonds is 8. The van der Waals surface area contributed by atoms with E-state index in [2.05, 4.69) is 99.0 Å². The number of hydrogen-bond acceptors (Lipinski definition) is 5. The van der Waals surface area contributed by atoms with E-state index in [-0.39, 0.29) is 18.2 Å². The number of nitrogens with zero attached hydrogens (tertiary/aromatic N) is 1. The summed E-state index contributed by atoms with van der Waals surface area (Å²) in [5.74, 6) is 1.35. The van der Waals surface area contributed by atoms with Crippen LogP contribution in [0.3, 0.4) is 0 Å². The standard InChI is InChI=1S/C39H73NO4Si4/c1-13-36-39(6)37(14-2)43-46(9,10)23-17-27-48(26-16-22-45(7,8)42-36,28-18-24-47(11,12)44-39)25-15-19-33-20-21-34(32(5)29-33)38-40-35(30-41-38)31(3)4/h20-21,29,31,35-37H,13-19,22-28,30H2,1-12H3/t35-,36?,37?,39?,48?/m1/s1. The molecular formula is C39H73NO4Si4. The summed E-state index contributed by atoms with van der Waals surface area (Å²) in [5, 5.41) is 0. The van der Waals surface area contributed by atoms with E-state index in [1.54, 1.807) is 0 Å². The highest BCUT2D eigenvalue weighted by Gasteiger charge is 2.50. The molecule has 0 saturated carbocycles. The van der Waals surface area contributed by atoms with Crippen molar-refractivity contribution in [1.82, 2.24) is 0 Å². The fraction of sp³-hybridized carbons (Fsp3) is 0.821. The third-order valence-corrected chi connectivity index (χ3v) is 25.2. The lowest BCUT2D eigenvalue weighted by molar-refractivity contribution is -0.111. The van der Waals surface area contributed by atoms with Crippen molar-refractivity contribution in [2.75, 3.05) is 6.61 Å². The molecule has 2 fully saturated rings. The zero-order chi connectivity index (χ0) is 35.4. The summed E-state index contributed by atoms with van der Waals surface area (Å²) < 4.78 is 28.2. The van der Waals surface area contributed by atoms with Gasteiger partial charge in [-0.3, -0.25) is 0 Å². The Kier molecular flexibility index (Phi) is 13.7. The average molecular weight is 732 g/mol. The van der Waals surface area contributed by atoms with Gasteiger partial charge in [-0.25, -0.2) is 4.99 Å². The topological polar surface area (TPSA) is 49.3 Å². The predicted octanol–water partition coefficient (Wildman–Crippen LogP) is 11.4. The van der Waals surface area contributed by atoms with Crippen LogP contribution in [-0.2, 0) is 24.4 Å². The number of aryl methyl sites for hydroxylation is 2. The van der Waals surface area contributed by atoms with Gasteiger partial charge in [0.05, 0.1) is 26.3 Å². The number of ether oxygens (including phenoxy) is 1. The summed E-state index contributed by atoms with van der Waals surface area (Å²) >= 11 is 0. The van der Waals surface area contributed by atoms with Gasteiger partial charge in [0, 0.05) is 5.56 Å². The minimum atomic E-state index is -1.98. The van der Waals surface area contributed by atoms with E-state index in [4.69, 9.17) is 23.0 Å². The zero-order valence-corrected chi connectivity index (χ0v) is 37.2. The molecular weight excluding hydrogens is 659 g/mol. The van der Waals surface area contributed by atoms with Crippen LogP contribution in [0.5, 0.6) is 0 Å². The Labute approximate surface area is 300 Å². The maximum absolute atomic E-state index is 7.51. The van der Waals surface area contributed by atoms with Crippen molar-refractivity contribution >= 4 is 38.9 Å². The minimum absolute atomic E-state index is 0.0881. The van der Waals surface area contributed by atoms with E-state index in [0.29, 0.717) is 12.5 Å². The van der Waals surface area contributed by atoms with Crippen LogP contribution in [0.4, 0.5) is 0 Å². The summed E-state index contributed by atoms with van der Waals surface area (Å²) in [4.78, 5) is 4.91. The molecule has 0 radical (unpaired) electrons. The third-order valence-electron chi connectivity index (χ3n) is 12.0. The first-order valence-electron chi connectivity index (χ1n) is 19.8. The van der Waals surface area contributed by atoms with Gasteiger partial charge in [0.1, 0.15) is 12.2 Å². The Morgan fingerprint density at radius 3 is 1.83 bits per heavy atom. The van der Waals surface area contributed by atoms with Gasteiger partial charge >= 0.3 is 0 Å². The van der Waals surface area contributed by atoms with Crippen LogP contribution in [0.1, 0.15) is 89.8 Å². The van der Waals surface area contributed by atoms with Gasteiger partial charge in [-0.05, 0) is 114 Å². The van der Waals surface area contributed by atoms with Crippen LogP contribution >= 0.6 is 0 Å². The molecule has 3 aliphatic heterocycles. The maximum atomic E-state index is 7.51. The quantitative estimate of drug-likeness (QED) is 0.250. The van der Waals surface area contributed by atoms with E-state index in [9.17, 15) is 0 Å². The molecule has 48 heavy (non-hydrogen) atoms. The molecule has 0 aliphatic carbocycles. The SMILES string of the molecule is CCC1O[Si](C)(C)CCC[Si]2(CCCc3ccc(C4=N[C@@H](C(C)C)CO4)c(C)c3)CCC[Si](C)(C)OC(CC)C1(C)O[Si](C)(C)CCC2. The van der Waals surface area contributed by atoms with Crippen molar-refractivity contribution < 1.29 is 18.0 Å². The van der Waals surface area contributed by atoms with Crippen LogP contribution in [0.15, 0.2) is 23.2 Å². The maximum Gasteiger partial charge on any atom is 0.216 e. The number of fused-ring (bicyclic) bond motifs is 6. The third kappa shape index (κ3) is 10.5. The molecule has 5 nitrogen and oxygen atoms in total. The molecule has 2 bridgehead atoms. The summed E-state index contributed by atoms with van der Waals surface area (Å²) in [6.45, 7) is 29.3. The lowest BCUT2D eigenvalue weighted by atomic mass is 9.89. The van der Waals surface area contributed by atoms with E-state index in [0.717, 1.165) is 18.7 Å². The first-order valence-corrected chi connectivity index (χ1v) is 32.0. The van der Waals surface area contributed by atoms with Gasteiger partial charge < -0.3 is 18.0 Å². The van der Waals surface area contributed by atoms with Crippen LogP contribution < -0.4 is 0 Å². The smallest absolute Gasteiger partial charge is 0.216 e. The molecule has 3 aliphatic rings. The second-order valence-corrected chi connectivity index (χ2v) is 35.9. The molecule has 2 saturated heterocycles. The van der Waals surface area contributed by atoms with Crippen LogP contribution in [0, 0.1) is 12.8 Å². The van der Waals surface area contributed by atoms with Gasteiger partial charge in [0.25, 0.3) is 0 Å². The number of hydrogen-bond donors (Lipinski definition) is 0. The summed E-state index contributed by atoms with van der Waals surface area (Å²) in [5.41, 5.74) is 3.54. The molecule has 0 spiro atoms. The molecule has 1 aromatic carbocycles. The summed E-state index contributed by atoms with van der Waals surface area (Å²) in [6, 6.07) is 16.9. The first-order chi connectivity index (χ1) is 22.4. The van der Waals surface area contributed by atoms with Gasteiger partial charge in [-0.15, -0.1) is 0 Å². The fourth-order valence-corrected chi connectivity index (χ4v) is 22.7. The molecule has 0 amide bonds. The highest BCUT2D eigenvalue weighted by molar-refractivity contribution is 6.80. The van der Waals surface area contributed by atoms with E-state index in [1.807, 2.05) is 0 Å². The lowest BCUT2D eigenvalue weighted by Crippen LogP contribution is -2.61. The van der Waals surface area contributed by atoms with Crippen molar-refractivity contribution in [1.29, 1.82) is 0 Å². The second-order valence-electron chi connectivity index (χ2n) is 18.2. The fourth-order valence-electron chi connectivity index (χ4n) is 9.17. The first kappa shape index (κ1) is 40.2. The van der Waals surface area contributed by atoms with Crippen molar-refractivity contribution in [3.63, 3.8) is 0 Å². The molecule has 0 N–H and O–H groups in total. The Balaban J connectivity index is 1.60. The van der Waals surface area contributed by atoms with Crippen LogP contribution in [-0.4, -0.2) is 69.4 Å². The highest BCUT2D eigenvalue weighted by atomic mass is 28.4. The average Bonchev–Trinajstić information content (AvgIpc) is 3.48. The minimum Gasteiger partial charge on any atom is -0.475 e. The normalized spacial score (nSPS) is 32.9. The molecule has 3 heterocycles. The molecule has 1 aromatic rings. The van der Waals surface area contributed by atoms with Crippen molar-refractivity contribution in [2.24, 2.45) is 10.9 Å². The van der Waals surface area contributed by atoms with E-state index in [1.165, 1.54) is 91.1 Å². The predicted molar refractivity (Wildman–Crippen MR) is 216 cm³/mol. The van der Waals surface area contributed by atoms with E-state index >= 15 is 0 Å². The Morgan fingerprint density at radius 2 is 1.35 bits per heavy atom. The molecule has 2 unspecified atom stereocenters. The number of benzene rings is 1. The van der Waals surface area contributed by atoms with Gasteiger partial charge in [-0.1, -0.05) is 89.7 Å². The highest BCUT2D eigenvalue weighted by Crippen LogP contribution is 2.42. The van der Waals surface area contributed by atoms with Crippen LogP contribution in [0.2, 0.25) is 81.6 Å². The van der Waals surface area contributed by atoms with Crippen LogP contribution in [0.25, 0.3) is 0 Å². The molecule has 3 atom stereocenters. The molecule has 9 heteroatoms. The second kappa shape index (κ2) is 16.4. The Morgan fingerprint density at radius 1 is 0.812 bits per heavy atom. The summed E-state index contributed by atoms with van der Waals surface area (Å²) in [7, 11) is -7.30. The summed E-state index contributed by atoms with van der Waals surface area (Å²) in [6.07, 6.45) is 8.65. The lowest BCUT2D eigenvalue weighted by Gasteiger charge is -2.50. The molecule has 4 rings (SSSR count).